The molecule has 0 unspecified atom stereocenters. The van der Waals surface area contributed by atoms with Crippen molar-refractivity contribution in [3.05, 3.63) is 58.0 Å². The molecule has 3 aliphatic rings. The van der Waals surface area contributed by atoms with Crippen LogP contribution in [-0.2, 0) is 0 Å². The number of hydrogen-bond acceptors (Lipinski definition) is 3. The summed E-state index contributed by atoms with van der Waals surface area (Å²) in [4.78, 5) is 15.5. The van der Waals surface area contributed by atoms with Gasteiger partial charge < -0.3 is 10.3 Å². The van der Waals surface area contributed by atoms with Gasteiger partial charge in [0.25, 0.3) is 5.56 Å². The summed E-state index contributed by atoms with van der Waals surface area (Å²) in [6.45, 7) is 4.41. The smallest absolute Gasteiger partial charge is 0.253 e. The number of pyridine rings is 1. The van der Waals surface area contributed by atoms with Gasteiger partial charge in [-0.3, -0.25) is 4.79 Å². The summed E-state index contributed by atoms with van der Waals surface area (Å²) >= 11 is 0. The highest BCUT2D eigenvalue weighted by molar-refractivity contribution is 5.70. The molecular formula is C20H21N3O. The van der Waals surface area contributed by atoms with Crippen LogP contribution in [0.15, 0.2) is 41.3 Å². The highest BCUT2D eigenvalue weighted by Gasteiger charge is 2.48. The third-order valence-electron chi connectivity index (χ3n) is 5.54. The molecule has 1 aromatic heterocycles. The lowest BCUT2D eigenvalue weighted by atomic mass is 9.64. The zero-order valence-electron chi connectivity index (χ0n) is 13.9. The van der Waals surface area contributed by atoms with Gasteiger partial charge >= 0.3 is 0 Å². The van der Waals surface area contributed by atoms with Crippen molar-refractivity contribution < 1.29 is 0 Å². The molecule has 24 heavy (non-hydrogen) atoms. The lowest BCUT2D eigenvalue weighted by molar-refractivity contribution is 0.176. The quantitative estimate of drug-likeness (QED) is 0.892. The van der Waals surface area contributed by atoms with E-state index in [0.29, 0.717) is 12.0 Å². The minimum atomic E-state index is -0.171. The van der Waals surface area contributed by atoms with E-state index in [0.717, 1.165) is 28.7 Å². The Hall–Kier alpha value is -2.38. The van der Waals surface area contributed by atoms with E-state index in [9.17, 15) is 10.1 Å². The fourth-order valence-electron chi connectivity index (χ4n) is 4.49. The largest absolute Gasteiger partial charge is 0.328 e. The van der Waals surface area contributed by atoms with E-state index in [2.05, 4.69) is 42.4 Å². The molecule has 2 aromatic rings. The lowest BCUT2D eigenvalue weighted by Crippen LogP contribution is -2.55. The molecular weight excluding hydrogens is 298 g/mol. The summed E-state index contributed by atoms with van der Waals surface area (Å²) in [6.07, 6.45) is 2.67. The second-order valence-electron chi connectivity index (χ2n) is 7.22. The predicted molar refractivity (Wildman–Crippen MR) is 93.5 cm³/mol. The van der Waals surface area contributed by atoms with Gasteiger partial charge in [0.15, 0.2) is 0 Å². The molecule has 0 amide bonds. The highest BCUT2D eigenvalue weighted by atomic mass is 16.1. The maximum absolute atomic E-state index is 12.6. The SMILES string of the molecule is CC(C)[C@@H]1N[C@@H]2c3c(c(-c4ccccc4)c[nH]c3=O)[C@H]1C[C@H]2C#N. The number of H-pyrrole nitrogens is 1. The molecule has 1 saturated heterocycles. The van der Waals surface area contributed by atoms with Crippen LogP contribution in [0.1, 0.15) is 43.4 Å². The second kappa shape index (κ2) is 5.61. The molecule has 1 aromatic carbocycles. The molecule has 2 bridgehead atoms. The highest BCUT2D eigenvalue weighted by Crippen LogP contribution is 2.50. The van der Waals surface area contributed by atoms with Crippen LogP contribution < -0.4 is 10.9 Å². The predicted octanol–water partition coefficient (Wildman–Crippen LogP) is 3.34. The number of nitriles is 1. The lowest BCUT2D eigenvalue weighted by Gasteiger charge is -2.49. The molecule has 2 aliphatic heterocycles. The fraction of sp³-hybridized carbons (Fsp3) is 0.400. The number of piperidine rings is 1. The van der Waals surface area contributed by atoms with Gasteiger partial charge in [-0.15, -0.1) is 0 Å². The molecule has 0 radical (unpaired) electrons. The molecule has 2 N–H and O–H groups in total. The molecule has 0 spiro atoms. The van der Waals surface area contributed by atoms with Crippen molar-refractivity contribution >= 4 is 0 Å². The number of benzene rings is 1. The Morgan fingerprint density at radius 3 is 2.62 bits per heavy atom. The number of fused-ring (bicyclic) bond motifs is 2. The van der Waals surface area contributed by atoms with Crippen LogP contribution in [0.3, 0.4) is 0 Å². The van der Waals surface area contributed by atoms with Gasteiger partial charge in [-0.05, 0) is 23.5 Å². The van der Waals surface area contributed by atoms with E-state index in [-0.39, 0.29) is 23.4 Å². The van der Waals surface area contributed by atoms with Crippen LogP contribution in [0.4, 0.5) is 0 Å². The van der Waals surface area contributed by atoms with Gasteiger partial charge in [0.2, 0.25) is 0 Å². The fourth-order valence-corrected chi connectivity index (χ4v) is 4.49. The normalized spacial score (nSPS) is 27.8. The van der Waals surface area contributed by atoms with Crippen molar-refractivity contribution in [3.8, 4) is 17.2 Å². The standard InChI is InChI=1S/C20H21N3O/c1-11(2)18-14-8-13(9-21)19(23-18)17-16(14)15(10-22-20(17)24)12-6-4-3-5-7-12/h3-7,10-11,13-14,18-19,23H,8H2,1-2H3,(H,22,24)/t13-,14+,18-,19-/m0/s1. The van der Waals surface area contributed by atoms with E-state index in [4.69, 9.17) is 0 Å². The molecule has 4 atom stereocenters. The Kier molecular flexibility index (Phi) is 3.54. The maximum atomic E-state index is 12.6. The minimum absolute atomic E-state index is 0.0608. The number of hydrogen-bond donors (Lipinski definition) is 2. The van der Waals surface area contributed by atoms with Crippen molar-refractivity contribution in [1.82, 2.24) is 10.3 Å². The van der Waals surface area contributed by atoms with Gasteiger partial charge in [0.1, 0.15) is 0 Å². The van der Waals surface area contributed by atoms with E-state index < -0.39 is 0 Å². The topological polar surface area (TPSA) is 68.7 Å². The molecule has 3 heterocycles. The van der Waals surface area contributed by atoms with E-state index >= 15 is 0 Å². The average Bonchev–Trinajstić information content (AvgIpc) is 2.62. The maximum Gasteiger partial charge on any atom is 0.253 e. The summed E-state index contributed by atoms with van der Waals surface area (Å²) in [6, 6.07) is 12.7. The van der Waals surface area contributed by atoms with E-state index in [1.807, 2.05) is 24.4 Å². The molecule has 0 saturated carbocycles. The van der Waals surface area contributed by atoms with Gasteiger partial charge in [-0.1, -0.05) is 44.2 Å². The third kappa shape index (κ3) is 2.12. The Balaban J connectivity index is 1.97. The van der Waals surface area contributed by atoms with Crippen LogP contribution in [0.25, 0.3) is 11.1 Å². The van der Waals surface area contributed by atoms with E-state index in [1.54, 1.807) is 0 Å². The number of aromatic amines is 1. The van der Waals surface area contributed by atoms with Crippen LogP contribution in [-0.4, -0.2) is 11.0 Å². The van der Waals surface area contributed by atoms with Crippen LogP contribution in [0.5, 0.6) is 0 Å². The Morgan fingerprint density at radius 2 is 1.96 bits per heavy atom. The van der Waals surface area contributed by atoms with Gasteiger partial charge in [-0.25, -0.2) is 0 Å². The molecule has 4 nitrogen and oxygen atoms in total. The van der Waals surface area contributed by atoms with Crippen molar-refractivity contribution in [3.63, 3.8) is 0 Å². The first kappa shape index (κ1) is 15.2. The van der Waals surface area contributed by atoms with Crippen molar-refractivity contribution in [2.45, 2.75) is 38.3 Å². The summed E-state index contributed by atoms with van der Waals surface area (Å²) in [5, 5.41) is 13.1. The van der Waals surface area contributed by atoms with Gasteiger partial charge in [0, 0.05) is 29.3 Å². The summed E-state index contributed by atoms with van der Waals surface area (Å²) in [7, 11) is 0. The van der Waals surface area contributed by atoms with Gasteiger partial charge in [-0.2, -0.15) is 5.26 Å². The summed E-state index contributed by atoms with van der Waals surface area (Å²) in [5.74, 6) is 0.519. The van der Waals surface area contributed by atoms with Gasteiger partial charge in [0.05, 0.1) is 18.0 Å². The van der Waals surface area contributed by atoms with Crippen LogP contribution in [0, 0.1) is 23.2 Å². The molecule has 5 rings (SSSR count). The van der Waals surface area contributed by atoms with E-state index in [1.165, 1.54) is 0 Å². The number of aromatic nitrogens is 1. The molecule has 4 heteroatoms. The first-order chi connectivity index (χ1) is 11.6. The zero-order valence-corrected chi connectivity index (χ0v) is 13.9. The average molecular weight is 319 g/mol. The molecule has 1 aliphatic carbocycles. The summed E-state index contributed by atoms with van der Waals surface area (Å²) in [5.41, 5.74) is 4.08. The Labute approximate surface area is 141 Å². The van der Waals surface area contributed by atoms with Crippen molar-refractivity contribution in [1.29, 1.82) is 5.26 Å². The summed E-state index contributed by atoms with van der Waals surface area (Å²) < 4.78 is 0. The Morgan fingerprint density at radius 1 is 1.21 bits per heavy atom. The number of nitrogens with one attached hydrogen (secondary N) is 2. The first-order valence-corrected chi connectivity index (χ1v) is 8.58. The first-order valence-electron chi connectivity index (χ1n) is 8.58. The van der Waals surface area contributed by atoms with Crippen molar-refractivity contribution in [2.75, 3.05) is 0 Å². The minimum Gasteiger partial charge on any atom is -0.328 e. The third-order valence-corrected chi connectivity index (χ3v) is 5.54. The van der Waals surface area contributed by atoms with Crippen LogP contribution >= 0.6 is 0 Å². The number of nitrogens with zero attached hydrogens (tertiary/aromatic N) is 1. The van der Waals surface area contributed by atoms with Crippen molar-refractivity contribution in [2.24, 2.45) is 11.8 Å². The molecule has 1 fully saturated rings. The second-order valence-corrected chi connectivity index (χ2v) is 7.22. The zero-order chi connectivity index (χ0) is 16.8. The number of rotatable bonds is 2. The molecule has 122 valence electrons. The Bertz CT molecular complexity index is 863. The monoisotopic (exact) mass is 319 g/mol. The van der Waals surface area contributed by atoms with Crippen LogP contribution in [0.2, 0.25) is 0 Å².